The van der Waals surface area contributed by atoms with E-state index in [9.17, 15) is 4.79 Å². The molecule has 1 aliphatic heterocycles. The fraction of sp³-hybridized carbons (Fsp3) is 0.462. The second-order valence-corrected chi connectivity index (χ2v) is 5.16. The van der Waals surface area contributed by atoms with Crippen molar-refractivity contribution in [3.8, 4) is 0 Å². The van der Waals surface area contributed by atoms with E-state index in [0.717, 1.165) is 35.5 Å². The van der Waals surface area contributed by atoms with Gasteiger partial charge in [-0.3, -0.25) is 4.79 Å². The number of hydrogen-bond donors (Lipinski definition) is 1. The van der Waals surface area contributed by atoms with Gasteiger partial charge in [0.25, 0.3) is 5.91 Å². The van der Waals surface area contributed by atoms with Gasteiger partial charge in [-0.15, -0.1) is 12.6 Å². The molecule has 0 bridgehead atoms. The van der Waals surface area contributed by atoms with Crippen molar-refractivity contribution in [1.29, 1.82) is 0 Å². The minimum atomic E-state index is 0.151. The Morgan fingerprint density at radius 2 is 2.25 bits per heavy atom. The first kappa shape index (κ1) is 11.5. The molecule has 2 rings (SSSR count). The highest BCUT2D eigenvalue weighted by Gasteiger charge is 2.24. The number of rotatable bonds is 1. The standard InChI is InChI=1S/C13H17NOS/c1-9-5-6-14(8-9)13(15)12-7-11(16)4-3-10(12)2/h3-4,7,9,16H,5-6,8H2,1-2H3. The van der Waals surface area contributed by atoms with Crippen LogP contribution in [0.1, 0.15) is 29.3 Å². The smallest absolute Gasteiger partial charge is 0.254 e. The Morgan fingerprint density at radius 3 is 2.88 bits per heavy atom. The molecule has 16 heavy (non-hydrogen) atoms. The largest absolute Gasteiger partial charge is 0.338 e. The van der Waals surface area contributed by atoms with E-state index in [1.807, 2.05) is 30.0 Å². The Balaban J connectivity index is 2.23. The lowest BCUT2D eigenvalue weighted by molar-refractivity contribution is 0.0787. The van der Waals surface area contributed by atoms with Crippen molar-refractivity contribution in [3.63, 3.8) is 0 Å². The van der Waals surface area contributed by atoms with Gasteiger partial charge in [-0.1, -0.05) is 13.0 Å². The van der Waals surface area contributed by atoms with Gasteiger partial charge in [0, 0.05) is 23.5 Å². The van der Waals surface area contributed by atoms with Crippen LogP contribution in [0.3, 0.4) is 0 Å². The van der Waals surface area contributed by atoms with Crippen LogP contribution < -0.4 is 0 Å². The molecule has 0 saturated carbocycles. The molecule has 1 aliphatic rings. The third-order valence-electron chi connectivity index (χ3n) is 3.16. The highest BCUT2D eigenvalue weighted by molar-refractivity contribution is 7.80. The third kappa shape index (κ3) is 2.24. The molecule has 1 aromatic carbocycles. The minimum absolute atomic E-state index is 0.151. The van der Waals surface area contributed by atoms with Gasteiger partial charge >= 0.3 is 0 Å². The molecule has 1 aromatic rings. The summed E-state index contributed by atoms with van der Waals surface area (Å²) in [6.45, 7) is 5.93. The molecule has 2 nitrogen and oxygen atoms in total. The number of carbonyl (C=O) groups is 1. The van der Waals surface area contributed by atoms with Gasteiger partial charge in [-0.25, -0.2) is 0 Å². The summed E-state index contributed by atoms with van der Waals surface area (Å²) < 4.78 is 0. The van der Waals surface area contributed by atoms with Gasteiger partial charge < -0.3 is 4.90 Å². The van der Waals surface area contributed by atoms with Gasteiger partial charge in [0.2, 0.25) is 0 Å². The second kappa shape index (κ2) is 4.50. The lowest BCUT2D eigenvalue weighted by Crippen LogP contribution is -2.29. The van der Waals surface area contributed by atoms with E-state index in [1.54, 1.807) is 0 Å². The molecule has 86 valence electrons. The van der Waals surface area contributed by atoms with Crippen molar-refractivity contribution in [2.75, 3.05) is 13.1 Å². The van der Waals surface area contributed by atoms with Crippen molar-refractivity contribution in [1.82, 2.24) is 4.90 Å². The molecule has 3 heteroatoms. The fourth-order valence-corrected chi connectivity index (χ4v) is 2.33. The fourth-order valence-electron chi connectivity index (χ4n) is 2.13. The second-order valence-electron chi connectivity index (χ2n) is 4.64. The molecule has 0 N–H and O–H groups in total. The molecule has 0 radical (unpaired) electrons. The normalized spacial score (nSPS) is 20.2. The zero-order chi connectivity index (χ0) is 11.7. The minimum Gasteiger partial charge on any atom is -0.338 e. The van der Waals surface area contributed by atoms with Crippen LogP contribution in [-0.2, 0) is 0 Å². The predicted octanol–water partition coefficient (Wildman–Crippen LogP) is 2.77. The van der Waals surface area contributed by atoms with Gasteiger partial charge in [0.05, 0.1) is 0 Å². The van der Waals surface area contributed by atoms with Crippen LogP contribution in [0, 0.1) is 12.8 Å². The van der Waals surface area contributed by atoms with Crippen LogP contribution in [0.5, 0.6) is 0 Å². The Morgan fingerprint density at radius 1 is 1.50 bits per heavy atom. The maximum atomic E-state index is 12.3. The van der Waals surface area contributed by atoms with Crippen molar-refractivity contribution in [2.45, 2.75) is 25.2 Å². The van der Waals surface area contributed by atoms with Crippen molar-refractivity contribution in [3.05, 3.63) is 29.3 Å². The van der Waals surface area contributed by atoms with Crippen LogP contribution in [-0.4, -0.2) is 23.9 Å². The summed E-state index contributed by atoms with van der Waals surface area (Å²) in [6.07, 6.45) is 1.12. The Hall–Kier alpha value is -0.960. The van der Waals surface area contributed by atoms with E-state index in [2.05, 4.69) is 19.6 Å². The zero-order valence-electron chi connectivity index (χ0n) is 9.73. The van der Waals surface area contributed by atoms with Crippen LogP contribution in [0.4, 0.5) is 0 Å². The summed E-state index contributed by atoms with van der Waals surface area (Å²) in [6, 6.07) is 5.74. The number of nitrogens with zero attached hydrogens (tertiary/aromatic N) is 1. The lowest BCUT2D eigenvalue weighted by atomic mass is 10.1. The molecule has 1 unspecified atom stereocenters. The number of hydrogen-bond acceptors (Lipinski definition) is 2. The van der Waals surface area contributed by atoms with E-state index in [0.29, 0.717) is 5.92 Å². The predicted molar refractivity (Wildman–Crippen MR) is 68.1 cm³/mol. The SMILES string of the molecule is Cc1ccc(S)cc1C(=O)N1CCC(C)C1. The highest BCUT2D eigenvalue weighted by atomic mass is 32.1. The maximum Gasteiger partial charge on any atom is 0.254 e. The van der Waals surface area contributed by atoms with E-state index >= 15 is 0 Å². The van der Waals surface area contributed by atoms with Crippen molar-refractivity contribution in [2.24, 2.45) is 5.92 Å². The number of aryl methyl sites for hydroxylation is 1. The van der Waals surface area contributed by atoms with Crippen LogP contribution in [0.25, 0.3) is 0 Å². The highest BCUT2D eigenvalue weighted by Crippen LogP contribution is 2.21. The monoisotopic (exact) mass is 235 g/mol. The lowest BCUT2D eigenvalue weighted by Gasteiger charge is -2.17. The van der Waals surface area contributed by atoms with Crippen LogP contribution in [0.2, 0.25) is 0 Å². The van der Waals surface area contributed by atoms with Crippen LogP contribution >= 0.6 is 12.6 Å². The van der Waals surface area contributed by atoms with Crippen molar-refractivity contribution < 1.29 is 4.79 Å². The summed E-state index contributed by atoms with van der Waals surface area (Å²) in [7, 11) is 0. The zero-order valence-corrected chi connectivity index (χ0v) is 10.6. The first-order valence-corrected chi connectivity index (χ1v) is 6.11. The molecular formula is C13H17NOS. The molecule has 1 heterocycles. The number of carbonyl (C=O) groups excluding carboxylic acids is 1. The summed E-state index contributed by atoms with van der Waals surface area (Å²) in [5.74, 6) is 0.779. The number of benzene rings is 1. The van der Waals surface area contributed by atoms with E-state index in [1.165, 1.54) is 0 Å². The van der Waals surface area contributed by atoms with Gasteiger partial charge in [0.15, 0.2) is 0 Å². The average Bonchev–Trinajstić information content (AvgIpc) is 2.67. The molecule has 1 atom stereocenters. The molecule has 1 fully saturated rings. The summed E-state index contributed by atoms with van der Waals surface area (Å²) >= 11 is 4.29. The van der Waals surface area contributed by atoms with Gasteiger partial charge in [0.1, 0.15) is 0 Å². The number of amides is 1. The third-order valence-corrected chi connectivity index (χ3v) is 3.44. The van der Waals surface area contributed by atoms with E-state index < -0.39 is 0 Å². The molecule has 0 spiro atoms. The summed E-state index contributed by atoms with van der Waals surface area (Å²) in [4.78, 5) is 15.1. The molecule has 0 aliphatic carbocycles. The molecule has 1 saturated heterocycles. The average molecular weight is 235 g/mol. The first-order chi connectivity index (χ1) is 7.58. The van der Waals surface area contributed by atoms with Gasteiger partial charge in [-0.05, 0) is 37.0 Å². The van der Waals surface area contributed by atoms with Gasteiger partial charge in [-0.2, -0.15) is 0 Å². The Labute approximate surface area is 102 Å². The molecule has 1 amide bonds. The van der Waals surface area contributed by atoms with E-state index in [-0.39, 0.29) is 5.91 Å². The Kier molecular flexibility index (Phi) is 3.24. The van der Waals surface area contributed by atoms with Crippen LogP contribution in [0.15, 0.2) is 23.1 Å². The molecular weight excluding hydrogens is 218 g/mol. The van der Waals surface area contributed by atoms with Crippen molar-refractivity contribution >= 4 is 18.5 Å². The topological polar surface area (TPSA) is 20.3 Å². The summed E-state index contributed by atoms with van der Waals surface area (Å²) in [5, 5.41) is 0. The van der Waals surface area contributed by atoms with E-state index in [4.69, 9.17) is 0 Å². The number of likely N-dealkylation sites (tertiary alicyclic amines) is 1. The molecule has 0 aromatic heterocycles. The maximum absolute atomic E-state index is 12.3. The summed E-state index contributed by atoms with van der Waals surface area (Å²) in [5.41, 5.74) is 1.82. The Bertz CT molecular complexity index is 416. The first-order valence-electron chi connectivity index (χ1n) is 5.67. The number of thiol groups is 1. The quantitative estimate of drug-likeness (QED) is 0.742.